The van der Waals surface area contributed by atoms with Crippen molar-refractivity contribution >= 4 is 8.56 Å². The molecule has 1 aliphatic heterocycles. The monoisotopic (exact) mass is 276 g/mol. The highest BCUT2D eigenvalue weighted by atomic mass is 28.4. The molecule has 0 aliphatic carbocycles. The predicted octanol–water partition coefficient (Wildman–Crippen LogP) is 2.72. The first-order valence-electron chi connectivity index (χ1n) is 7.14. The zero-order valence-corrected chi connectivity index (χ0v) is 13.2. The van der Waals surface area contributed by atoms with Crippen molar-refractivity contribution in [2.45, 2.75) is 58.4 Å². The smallest absolute Gasteiger partial charge is 0.335 e. The topological polar surface area (TPSA) is 40.2 Å². The molecule has 2 unspecified atom stereocenters. The molecule has 0 N–H and O–H groups in total. The molecule has 1 rings (SSSR count). The Balaban J connectivity index is 2.27. The fraction of sp³-hybridized carbons (Fsp3) is 1.00. The zero-order valence-electron chi connectivity index (χ0n) is 12.2. The molecule has 0 aromatic rings. The van der Waals surface area contributed by atoms with E-state index in [1.807, 2.05) is 13.8 Å². The molecule has 18 heavy (non-hydrogen) atoms. The molecule has 0 radical (unpaired) electrons. The summed E-state index contributed by atoms with van der Waals surface area (Å²) in [7, 11) is -1.98. The van der Waals surface area contributed by atoms with Gasteiger partial charge in [0.2, 0.25) is 0 Å². The van der Waals surface area contributed by atoms with Gasteiger partial charge in [-0.2, -0.15) is 0 Å². The van der Waals surface area contributed by atoms with E-state index < -0.39 is 8.56 Å². The van der Waals surface area contributed by atoms with Crippen molar-refractivity contribution in [3.8, 4) is 0 Å². The Morgan fingerprint density at radius 3 is 2.28 bits per heavy atom. The van der Waals surface area contributed by atoms with Crippen LogP contribution in [0.3, 0.4) is 0 Å². The van der Waals surface area contributed by atoms with Gasteiger partial charge in [-0.15, -0.1) is 0 Å². The highest BCUT2D eigenvalue weighted by Crippen LogP contribution is 2.20. The molecule has 0 aromatic heterocycles. The fourth-order valence-corrected chi connectivity index (χ4v) is 4.47. The van der Waals surface area contributed by atoms with Crippen molar-refractivity contribution < 1.29 is 18.3 Å². The van der Waals surface area contributed by atoms with E-state index in [9.17, 15) is 0 Å². The number of hydrogen-bond acceptors (Lipinski definition) is 4. The third-order valence-electron chi connectivity index (χ3n) is 3.20. The second kappa shape index (κ2) is 8.27. The largest absolute Gasteiger partial charge is 0.395 e. The van der Waals surface area contributed by atoms with Gasteiger partial charge >= 0.3 is 8.56 Å². The van der Waals surface area contributed by atoms with Gasteiger partial charge in [0.25, 0.3) is 0 Å². The van der Waals surface area contributed by atoms with Gasteiger partial charge in [-0.3, -0.25) is 0 Å². The number of epoxide rings is 1. The SMILES string of the molecule is CCO[Si](C)(CCC(CC)OCC1CO1)OCC. The molecule has 1 fully saturated rings. The molecular weight excluding hydrogens is 248 g/mol. The summed E-state index contributed by atoms with van der Waals surface area (Å²) in [6.45, 7) is 11.4. The summed E-state index contributed by atoms with van der Waals surface area (Å²) in [5.74, 6) is 0. The van der Waals surface area contributed by atoms with Gasteiger partial charge in [-0.1, -0.05) is 6.92 Å². The van der Waals surface area contributed by atoms with Crippen LogP contribution in [0.5, 0.6) is 0 Å². The Kier molecular flexibility index (Phi) is 7.40. The van der Waals surface area contributed by atoms with E-state index in [1.165, 1.54) is 0 Å². The number of hydrogen-bond donors (Lipinski definition) is 0. The molecule has 1 saturated heterocycles. The van der Waals surface area contributed by atoms with Gasteiger partial charge in [-0.05, 0) is 39.3 Å². The Labute approximate surface area is 112 Å². The Morgan fingerprint density at radius 1 is 1.22 bits per heavy atom. The first kappa shape index (κ1) is 16.1. The van der Waals surface area contributed by atoms with Crippen molar-refractivity contribution in [1.82, 2.24) is 0 Å². The van der Waals surface area contributed by atoms with Crippen LogP contribution in [-0.2, 0) is 18.3 Å². The Hall–Kier alpha value is 0.0569. The molecule has 1 aliphatic rings. The van der Waals surface area contributed by atoms with Crippen LogP contribution in [0.1, 0.15) is 33.6 Å². The molecule has 0 amide bonds. The van der Waals surface area contributed by atoms with Crippen molar-refractivity contribution in [3.63, 3.8) is 0 Å². The van der Waals surface area contributed by atoms with E-state index in [-0.39, 0.29) is 0 Å². The van der Waals surface area contributed by atoms with Crippen molar-refractivity contribution in [3.05, 3.63) is 0 Å². The van der Waals surface area contributed by atoms with Crippen molar-refractivity contribution in [2.24, 2.45) is 0 Å². The maximum absolute atomic E-state index is 5.85. The van der Waals surface area contributed by atoms with Gasteiger partial charge in [-0.25, -0.2) is 0 Å². The summed E-state index contributed by atoms with van der Waals surface area (Å²) in [6, 6.07) is 0.999. The molecule has 108 valence electrons. The Morgan fingerprint density at radius 2 is 1.83 bits per heavy atom. The second-order valence-electron chi connectivity index (χ2n) is 4.86. The van der Waals surface area contributed by atoms with Gasteiger partial charge in [0.05, 0.1) is 19.3 Å². The summed E-state index contributed by atoms with van der Waals surface area (Å²) in [4.78, 5) is 0. The molecule has 0 saturated carbocycles. The third kappa shape index (κ3) is 6.29. The standard InChI is InChI=1S/C13H28O4Si/c1-5-12(14-10-13-11-15-13)8-9-18(4,16-6-2)17-7-3/h12-13H,5-11H2,1-4H3. The van der Waals surface area contributed by atoms with Crippen LogP contribution in [0.15, 0.2) is 0 Å². The van der Waals surface area contributed by atoms with Crippen LogP contribution in [-0.4, -0.2) is 47.2 Å². The summed E-state index contributed by atoms with van der Waals surface area (Å²) in [5.41, 5.74) is 0. The molecule has 0 spiro atoms. The van der Waals surface area contributed by atoms with Crippen LogP contribution < -0.4 is 0 Å². The third-order valence-corrected chi connectivity index (χ3v) is 6.19. The molecule has 0 bridgehead atoms. The maximum atomic E-state index is 5.85. The van der Waals surface area contributed by atoms with E-state index in [0.717, 1.165) is 45.3 Å². The summed E-state index contributed by atoms with van der Waals surface area (Å²) < 4.78 is 22.7. The highest BCUT2D eigenvalue weighted by Gasteiger charge is 2.32. The van der Waals surface area contributed by atoms with Gasteiger partial charge < -0.3 is 18.3 Å². The molecule has 0 aromatic carbocycles. The van der Waals surface area contributed by atoms with Crippen molar-refractivity contribution in [2.75, 3.05) is 26.4 Å². The first-order valence-corrected chi connectivity index (χ1v) is 9.67. The highest BCUT2D eigenvalue weighted by molar-refractivity contribution is 6.66. The van der Waals surface area contributed by atoms with Gasteiger partial charge in [0, 0.05) is 13.2 Å². The van der Waals surface area contributed by atoms with E-state index in [2.05, 4.69) is 13.5 Å². The lowest BCUT2D eigenvalue weighted by atomic mass is 10.2. The summed E-state index contributed by atoms with van der Waals surface area (Å²) >= 11 is 0. The molecular formula is C13H28O4Si. The van der Waals surface area contributed by atoms with E-state index in [4.69, 9.17) is 18.3 Å². The van der Waals surface area contributed by atoms with E-state index in [1.54, 1.807) is 0 Å². The van der Waals surface area contributed by atoms with Gasteiger partial charge in [0.15, 0.2) is 0 Å². The number of rotatable bonds is 11. The quantitative estimate of drug-likeness (QED) is 0.430. The van der Waals surface area contributed by atoms with Crippen LogP contribution in [0.2, 0.25) is 12.6 Å². The van der Waals surface area contributed by atoms with Crippen LogP contribution >= 0.6 is 0 Å². The minimum Gasteiger partial charge on any atom is -0.395 e. The lowest BCUT2D eigenvalue weighted by Crippen LogP contribution is -2.39. The lowest BCUT2D eigenvalue weighted by molar-refractivity contribution is 0.0358. The lowest BCUT2D eigenvalue weighted by Gasteiger charge is -2.27. The summed E-state index contributed by atoms with van der Waals surface area (Å²) in [6.07, 6.45) is 2.71. The average molecular weight is 276 g/mol. The zero-order chi connectivity index (χ0) is 13.4. The van der Waals surface area contributed by atoms with Crippen molar-refractivity contribution in [1.29, 1.82) is 0 Å². The van der Waals surface area contributed by atoms with Crippen LogP contribution in [0.4, 0.5) is 0 Å². The van der Waals surface area contributed by atoms with Crippen LogP contribution in [0, 0.1) is 0 Å². The molecule has 4 nitrogen and oxygen atoms in total. The summed E-state index contributed by atoms with van der Waals surface area (Å²) in [5, 5.41) is 0. The molecule has 5 heteroatoms. The van der Waals surface area contributed by atoms with Crippen LogP contribution in [0.25, 0.3) is 0 Å². The van der Waals surface area contributed by atoms with E-state index >= 15 is 0 Å². The fourth-order valence-electron chi connectivity index (χ4n) is 2.03. The predicted molar refractivity (Wildman–Crippen MR) is 74.1 cm³/mol. The van der Waals surface area contributed by atoms with Gasteiger partial charge in [0.1, 0.15) is 6.10 Å². The number of ether oxygens (including phenoxy) is 2. The minimum atomic E-state index is -1.98. The first-order chi connectivity index (χ1) is 8.63. The maximum Gasteiger partial charge on any atom is 0.335 e. The average Bonchev–Trinajstić information content (AvgIpc) is 3.14. The molecule has 1 heterocycles. The molecule has 2 atom stereocenters. The normalized spacial score (nSPS) is 21.0. The second-order valence-corrected chi connectivity index (χ2v) is 8.20. The Bertz CT molecular complexity index is 215. The van der Waals surface area contributed by atoms with E-state index in [0.29, 0.717) is 12.2 Å². The minimum absolute atomic E-state index is 0.307.